The molecule has 0 aliphatic carbocycles. The van der Waals surface area contributed by atoms with E-state index in [1.54, 1.807) is 41.3 Å². The average molecular weight is 532 g/mol. The highest BCUT2D eigenvalue weighted by Gasteiger charge is 2.27. The maximum Gasteiger partial charge on any atom is 0.223 e. The lowest BCUT2D eigenvalue weighted by atomic mass is 9.93. The first-order valence-corrected chi connectivity index (χ1v) is 13.5. The third kappa shape index (κ3) is 5.17. The van der Waals surface area contributed by atoms with Crippen molar-refractivity contribution in [2.75, 3.05) is 18.8 Å². The molecule has 184 valence electrons. The zero-order chi connectivity index (χ0) is 23.9. The minimum atomic E-state index is -3.56. The summed E-state index contributed by atoms with van der Waals surface area (Å²) in [7, 11) is -3.56. The number of carbonyl (C=O) groups excluding carboxylic acids is 1. The topological polar surface area (TPSA) is 71.8 Å². The minimum Gasteiger partial charge on any atom is -0.343 e. The van der Waals surface area contributed by atoms with E-state index in [-0.39, 0.29) is 35.4 Å². The molecule has 1 aliphatic heterocycles. The Bertz CT molecular complexity index is 1490. The molecule has 6 nitrogen and oxygen atoms in total. The van der Waals surface area contributed by atoms with Gasteiger partial charge in [-0.2, -0.15) is 0 Å². The van der Waals surface area contributed by atoms with Gasteiger partial charge >= 0.3 is 0 Å². The van der Waals surface area contributed by atoms with Crippen molar-refractivity contribution < 1.29 is 13.2 Å². The summed E-state index contributed by atoms with van der Waals surface area (Å²) < 4.78 is 27.9. The number of nitrogens with zero attached hydrogens (tertiary/aromatic N) is 3. The van der Waals surface area contributed by atoms with E-state index in [0.29, 0.717) is 24.0 Å². The minimum absolute atomic E-state index is 0. The molecule has 0 atom stereocenters. The Morgan fingerprint density at radius 2 is 1.80 bits per heavy atom. The van der Waals surface area contributed by atoms with Gasteiger partial charge in [-0.1, -0.05) is 29.8 Å². The Kier molecular flexibility index (Phi) is 7.40. The molecule has 2 aromatic carbocycles. The zero-order valence-corrected chi connectivity index (χ0v) is 21.7. The van der Waals surface area contributed by atoms with Crippen molar-refractivity contribution in [1.82, 2.24) is 14.3 Å². The lowest BCUT2D eigenvalue weighted by Crippen LogP contribution is -2.38. The fourth-order valence-corrected chi connectivity index (χ4v) is 6.22. The number of hydrogen-bond donors (Lipinski definition) is 0. The molecule has 35 heavy (non-hydrogen) atoms. The summed E-state index contributed by atoms with van der Waals surface area (Å²) in [5.74, 6) is 0.0245. The first kappa shape index (κ1) is 25.5. The summed E-state index contributed by atoms with van der Waals surface area (Å²) in [5, 5.41) is 2.29. The maximum absolute atomic E-state index is 12.9. The quantitative estimate of drug-likeness (QED) is 0.343. The van der Waals surface area contributed by atoms with E-state index in [4.69, 9.17) is 11.6 Å². The summed E-state index contributed by atoms with van der Waals surface area (Å²) in [5.41, 5.74) is 3.28. The standard InChI is InChI=1S/C26H26ClN3O3S.ClH/c1-18-3-2-11-30-24(17-28-26(18)30)19-8-12-29(13-9-19)25(31)10-14-34(32,33)23-7-5-20-15-22(27)6-4-21(20)16-23;/h2-7,11,15-17,19H,8-10,12-14H2,1H3;1H. The van der Waals surface area contributed by atoms with Crippen molar-refractivity contribution >= 4 is 56.2 Å². The molecule has 1 saturated heterocycles. The Hall–Kier alpha value is -2.61. The largest absolute Gasteiger partial charge is 0.343 e. The van der Waals surface area contributed by atoms with Gasteiger partial charge in [-0.3, -0.25) is 4.79 Å². The van der Waals surface area contributed by atoms with Crippen molar-refractivity contribution in [3.63, 3.8) is 0 Å². The number of aromatic nitrogens is 2. The van der Waals surface area contributed by atoms with Gasteiger partial charge in [0.15, 0.2) is 9.84 Å². The molecule has 1 fully saturated rings. The van der Waals surface area contributed by atoms with Crippen molar-refractivity contribution in [2.24, 2.45) is 0 Å². The number of carbonyl (C=O) groups is 1. The number of sulfone groups is 1. The summed E-state index contributed by atoms with van der Waals surface area (Å²) in [6.45, 7) is 3.30. The summed E-state index contributed by atoms with van der Waals surface area (Å²) >= 11 is 6.01. The predicted octanol–water partition coefficient (Wildman–Crippen LogP) is 5.44. The molecular formula is C26H27Cl2N3O3S. The zero-order valence-electron chi connectivity index (χ0n) is 19.4. The highest BCUT2D eigenvalue weighted by Crippen LogP contribution is 2.30. The van der Waals surface area contributed by atoms with Gasteiger partial charge in [0.2, 0.25) is 5.91 Å². The molecule has 0 radical (unpaired) electrons. The SMILES string of the molecule is Cc1cccn2c(C3CCN(C(=O)CCS(=O)(=O)c4ccc5cc(Cl)ccc5c4)CC3)cnc12.Cl. The number of benzene rings is 2. The molecule has 0 spiro atoms. The molecule has 0 N–H and O–H groups in total. The van der Waals surface area contributed by atoms with Crippen LogP contribution in [-0.4, -0.2) is 47.5 Å². The first-order valence-electron chi connectivity index (χ1n) is 11.4. The van der Waals surface area contributed by atoms with Gasteiger partial charge in [0.1, 0.15) is 5.65 Å². The third-order valence-corrected chi connectivity index (χ3v) is 8.69. The lowest BCUT2D eigenvalue weighted by molar-refractivity contribution is -0.131. The second kappa shape index (κ2) is 10.2. The van der Waals surface area contributed by atoms with Crippen LogP contribution in [0.25, 0.3) is 16.4 Å². The molecule has 3 heterocycles. The van der Waals surface area contributed by atoms with Crippen LogP contribution in [-0.2, 0) is 14.6 Å². The molecular weight excluding hydrogens is 505 g/mol. The lowest BCUT2D eigenvalue weighted by Gasteiger charge is -2.32. The number of aryl methyl sites for hydroxylation is 1. The van der Waals surface area contributed by atoms with Gasteiger partial charge < -0.3 is 9.30 Å². The summed E-state index contributed by atoms with van der Waals surface area (Å²) in [6, 6.07) is 14.4. The number of rotatable bonds is 5. The van der Waals surface area contributed by atoms with Gasteiger partial charge in [0.05, 0.1) is 10.6 Å². The number of halogens is 2. The first-order chi connectivity index (χ1) is 16.3. The van der Waals surface area contributed by atoms with Crippen LogP contribution < -0.4 is 0 Å². The van der Waals surface area contributed by atoms with E-state index in [1.807, 2.05) is 18.5 Å². The number of likely N-dealkylation sites (tertiary alicyclic amines) is 1. The fourth-order valence-electron chi connectivity index (χ4n) is 4.78. The van der Waals surface area contributed by atoms with E-state index >= 15 is 0 Å². The van der Waals surface area contributed by atoms with Crippen LogP contribution in [0.3, 0.4) is 0 Å². The molecule has 4 aromatic rings. The van der Waals surface area contributed by atoms with E-state index in [1.165, 1.54) is 5.69 Å². The highest BCUT2D eigenvalue weighted by atomic mass is 35.5. The summed E-state index contributed by atoms with van der Waals surface area (Å²) in [4.78, 5) is 19.4. The molecule has 2 aromatic heterocycles. The van der Waals surface area contributed by atoms with Crippen molar-refractivity contribution in [1.29, 1.82) is 0 Å². The number of pyridine rings is 1. The van der Waals surface area contributed by atoms with E-state index in [0.717, 1.165) is 34.8 Å². The van der Waals surface area contributed by atoms with Gasteiger partial charge in [-0.25, -0.2) is 13.4 Å². The highest BCUT2D eigenvalue weighted by molar-refractivity contribution is 7.91. The molecule has 0 unspecified atom stereocenters. The Morgan fingerprint density at radius 3 is 2.57 bits per heavy atom. The maximum atomic E-state index is 12.9. The number of hydrogen-bond acceptors (Lipinski definition) is 4. The van der Waals surface area contributed by atoms with E-state index in [9.17, 15) is 13.2 Å². The molecule has 5 rings (SSSR count). The molecule has 1 aliphatic rings. The van der Waals surface area contributed by atoms with Crippen LogP contribution >= 0.6 is 24.0 Å². The number of piperidine rings is 1. The van der Waals surface area contributed by atoms with Crippen LogP contribution in [0.1, 0.15) is 36.4 Å². The molecule has 0 saturated carbocycles. The Morgan fingerprint density at radius 1 is 1.09 bits per heavy atom. The molecule has 1 amide bonds. The van der Waals surface area contributed by atoms with Gasteiger partial charge in [0, 0.05) is 48.5 Å². The van der Waals surface area contributed by atoms with E-state index in [2.05, 4.69) is 22.4 Å². The predicted molar refractivity (Wildman–Crippen MR) is 141 cm³/mol. The van der Waals surface area contributed by atoms with Crippen LogP contribution in [0.15, 0.2) is 65.8 Å². The number of amides is 1. The fraction of sp³-hybridized carbons (Fsp3) is 0.308. The average Bonchev–Trinajstić information content (AvgIpc) is 3.28. The van der Waals surface area contributed by atoms with Crippen LogP contribution in [0.5, 0.6) is 0 Å². The van der Waals surface area contributed by atoms with E-state index < -0.39 is 9.84 Å². The summed E-state index contributed by atoms with van der Waals surface area (Å²) in [6.07, 6.45) is 5.64. The smallest absolute Gasteiger partial charge is 0.223 e. The second-order valence-electron chi connectivity index (χ2n) is 8.95. The van der Waals surface area contributed by atoms with Gasteiger partial charge in [-0.05, 0) is 66.4 Å². The van der Waals surface area contributed by atoms with Gasteiger partial charge in [0.25, 0.3) is 0 Å². The van der Waals surface area contributed by atoms with Crippen LogP contribution in [0, 0.1) is 6.92 Å². The van der Waals surface area contributed by atoms with Crippen LogP contribution in [0.4, 0.5) is 0 Å². The normalized spacial score (nSPS) is 14.9. The van der Waals surface area contributed by atoms with Crippen molar-refractivity contribution in [3.05, 3.63) is 77.2 Å². The number of imidazole rings is 1. The monoisotopic (exact) mass is 531 g/mol. The number of fused-ring (bicyclic) bond motifs is 2. The van der Waals surface area contributed by atoms with Gasteiger partial charge in [-0.15, -0.1) is 12.4 Å². The van der Waals surface area contributed by atoms with Crippen molar-refractivity contribution in [3.8, 4) is 0 Å². The Balaban J connectivity index is 0.00000289. The molecule has 9 heteroatoms. The Labute approximate surface area is 216 Å². The van der Waals surface area contributed by atoms with Crippen LogP contribution in [0.2, 0.25) is 5.02 Å². The molecule has 0 bridgehead atoms. The van der Waals surface area contributed by atoms with Crippen molar-refractivity contribution in [2.45, 2.75) is 37.0 Å². The second-order valence-corrected chi connectivity index (χ2v) is 11.5. The third-order valence-electron chi connectivity index (χ3n) is 6.74.